The minimum absolute atomic E-state index is 0. The molecule has 0 radical (unpaired) electrons. The fourth-order valence-electron chi connectivity index (χ4n) is 0.600. The van der Waals surface area contributed by atoms with E-state index < -0.39 is 0 Å². The molecule has 7 heteroatoms. The first-order valence-electron chi connectivity index (χ1n) is 5.22. The Labute approximate surface area is 139 Å². The first kappa shape index (κ1) is 23.0. The van der Waals surface area contributed by atoms with E-state index in [4.69, 9.17) is 9.47 Å². The van der Waals surface area contributed by atoms with Crippen molar-refractivity contribution in [1.82, 2.24) is 0 Å². The van der Waals surface area contributed by atoms with Gasteiger partial charge in [-0.3, -0.25) is 0 Å². The first-order chi connectivity index (χ1) is 7.54. The van der Waals surface area contributed by atoms with Crippen molar-refractivity contribution in [3.63, 3.8) is 0 Å². The summed E-state index contributed by atoms with van der Waals surface area (Å²) in [5.41, 5.74) is 0. The van der Waals surface area contributed by atoms with Crippen LogP contribution in [0.5, 0.6) is 0 Å². The average Bonchev–Trinajstić information content (AvgIpc) is 2.18. The summed E-state index contributed by atoms with van der Waals surface area (Å²) in [6.07, 6.45) is 4.32. The van der Waals surface area contributed by atoms with E-state index in [0.717, 1.165) is 25.7 Å². The number of hydrogen-bond acceptors (Lipinski definition) is 6. The van der Waals surface area contributed by atoms with Gasteiger partial charge in [0.2, 0.25) is 0 Å². The summed E-state index contributed by atoms with van der Waals surface area (Å²) in [5, 5.41) is 0. The number of hydrogen-bond donors (Lipinski definition) is 0. The summed E-state index contributed by atoms with van der Waals surface area (Å²) < 4.78 is 10.1. The van der Waals surface area contributed by atoms with Gasteiger partial charge in [-0.2, -0.15) is 0 Å². The van der Waals surface area contributed by atoms with E-state index in [0.29, 0.717) is 13.2 Å². The number of ether oxygens (including phenoxy) is 2. The fraction of sp³-hybridized carbons (Fsp3) is 0.800. The van der Waals surface area contributed by atoms with Crippen molar-refractivity contribution in [2.24, 2.45) is 0 Å². The Balaban J connectivity index is -0.000000218. The molecule has 0 heterocycles. The molecule has 0 N–H and O–H groups in total. The van der Waals surface area contributed by atoms with Crippen molar-refractivity contribution in [2.75, 3.05) is 13.2 Å². The second-order valence-corrected chi connectivity index (χ2v) is 4.90. The Morgan fingerprint density at radius 3 is 1.35 bits per heavy atom. The van der Waals surface area contributed by atoms with Crippen LogP contribution < -0.4 is 0 Å². The van der Waals surface area contributed by atoms with Crippen molar-refractivity contribution < 1.29 is 29.0 Å². The van der Waals surface area contributed by atoms with Crippen molar-refractivity contribution in [2.45, 2.75) is 39.5 Å². The Morgan fingerprint density at radius 2 is 1.18 bits per heavy atom. The molecule has 0 rings (SSSR count). The third-order valence-electron chi connectivity index (χ3n) is 1.44. The van der Waals surface area contributed by atoms with Gasteiger partial charge in [-0.15, -0.1) is 0 Å². The van der Waals surface area contributed by atoms with Gasteiger partial charge in [0, 0.05) is 8.77 Å². The van der Waals surface area contributed by atoms with E-state index in [1.54, 1.807) is 0 Å². The second-order valence-electron chi connectivity index (χ2n) is 2.90. The van der Waals surface area contributed by atoms with E-state index >= 15 is 0 Å². The number of unbranched alkanes of at least 4 members (excludes halogenated alkanes) is 2. The summed E-state index contributed by atoms with van der Waals surface area (Å²) in [7, 11) is 0. The smallest absolute Gasteiger partial charge is 0.514 e. The molecule has 0 aromatic rings. The van der Waals surface area contributed by atoms with Crippen LogP contribution in [0.25, 0.3) is 0 Å². The summed E-state index contributed by atoms with van der Waals surface area (Å²) in [6, 6.07) is 0. The maximum absolute atomic E-state index is 4.83. The molecule has 0 spiro atoms. The maximum Gasteiger partial charge on any atom is 2.00 e. The molecule has 96 valence electrons. The summed E-state index contributed by atoms with van der Waals surface area (Å²) in [6.45, 7) is 5.54. The van der Waals surface area contributed by atoms with Crippen LogP contribution in [0.2, 0.25) is 0 Å². The van der Waals surface area contributed by atoms with Crippen molar-refractivity contribution in [1.29, 1.82) is 0 Å². The Kier molecular flexibility index (Phi) is 25.9. The predicted molar refractivity (Wildman–Crippen MR) is 81.6 cm³/mol. The SMILES string of the molecule is CCCCOC(=S)[S-].CCCCOC(=S)[S-].[Zn+2]. The maximum atomic E-state index is 4.83. The first-order valence-corrected chi connectivity index (χ1v) is 6.85. The largest absolute Gasteiger partial charge is 2.00 e. The van der Waals surface area contributed by atoms with Crippen LogP contribution in [0, 0.1) is 0 Å². The van der Waals surface area contributed by atoms with Crippen LogP contribution in [0.15, 0.2) is 0 Å². The standard InChI is InChI=1S/2C5H10OS2.Zn/c2*1-2-3-4-6-5(7)8;/h2*2-4H2,1H3,(H,7,8);/q;;+2/p-2. The van der Waals surface area contributed by atoms with E-state index in [1.165, 1.54) is 0 Å². The fourth-order valence-corrected chi connectivity index (χ4v) is 0.933. The minimum Gasteiger partial charge on any atom is -0.514 e. The molecule has 0 aliphatic carbocycles. The molecule has 0 aromatic carbocycles. The summed E-state index contributed by atoms with van der Waals surface area (Å²) >= 11 is 18.0. The van der Waals surface area contributed by atoms with Crippen LogP contribution in [0.4, 0.5) is 0 Å². The second kappa shape index (κ2) is 19.2. The van der Waals surface area contributed by atoms with Gasteiger partial charge in [0.1, 0.15) is 0 Å². The van der Waals surface area contributed by atoms with Crippen LogP contribution >= 0.6 is 24.4 Å². The number of thiocarbonyl (C=S) groups is 2. The monoisotopic (exact) mass is 362 g/mol. The van der Waals surface area contributed by atoms with Gasteiger partial charge in [-0.1, -0.05) is 26.7 Å². The molecule has 0 aliphatic rings. The number of rotatable bonds is 6. The van der Waals surface area contributed by atoms with E-state index in [1.807, 2.05) is 0 Å². The molecule has 0 saturated heterocycles. The van der Waals surface area contributed by atoms with E-state index in [9.17, 15) is 0 Å². The molecule has 0 fully saturated rings. The molecular weight excluding hydrogens is 346 g/mol. The van der Waals surface area contributed by atoms with Crippen LogP contribution in [0.1, 0.15) is 39.5 Å². The predicted octanol–water partition coefficient (Wildman–Crippen LogP) is 3.27. The quantitative estimate of drug-likeness (QED) is 0.310. The van der Waals surface area contributed by atoms with Crippen LogP contribution in [0.3, 0.4) is 0 Å². The Hall–Kier alpha value is 0.843. The molecule has 0 saturated carbocycles. The van der Waals surface area contributed by atoms with Crippen molar-refractivity contribution in [3.8, 4) is 0 Å². The average molecular weight is 364 g/mol. The molecule has 17 heavy (non-hydrogen) atoms. The van der Waals surface area contributed by atoms with Crippen molar-refractivity contribution >= 4 is 58.5 Å². The molecule has 0 unspecified atom stereocenters. The zero-order chi connectivity index (χ0) is 12.8. The Morgan fingerprint density at radius 1 is 0.882 bits per heavy atom. The third-order valence-corrected chi connectivity index (χ3v) is 1.91. The van der Waals surface area contributed by atoms with Gasteiger partial charge >= 0.3 is 19.5 Å². The topological polar surface area (TPSA) is 18.5 Å². The van der Waals surface area contributed by atoms with Gasteiger partial charge in [-0.25, -0.2) is 0 Å². The van der Waals surface area contributed by atoms with Crippen LogP contribution in [-0.2, 0) is 54.2 Å². The normalized spacial score (nSPS) is 8.12. The molecule has 2 nitrogen and oxygen atoms in total. The Bertz CT molecular complexity index is 171. The summed E-state index contributed by atoms with van der Waals surface area (Å²) in [5.74, 6) is 0. The molecule has 0 bridgehead atoms. The third kappa shape index (κ3) is 31.6. The van der Waals surface area contributed by atoms with Gasteiger partial charge < -0.3 is 59.2 Å². The van der Waals surface area contributed by atoms with Gasteiger partial charge in [0.05, 0.1) is 13.2 Å². The van der Waals surface area contributed by atoms with Crippen molar-refractivity contribution in [3.05, 3.63) is 0 Å². The van der Waals surface area contributed by atoms with E-state index in [2.05, 4.69) is 63.5 Å². The molecule has 0 aliphatic heterocycles. The van der Waals surface area contributed by atoms with Gasteiger partial charge in [0.15, 0.2) is 0 Å². The van der Waals surface area contributed by atoms with Crippen LogP contribution in [-0.4, -0.2) is 22.0 Å². The molecule has 0 amide bonds. The van der Waals surface area contributed by atoms with Gasteiger partial charge in [0.25, 0.3) is 0 Å². The van der Waals surface area contributed by atoms with E-state index in [-0.39, 0.29) is 28.2 Å². The minimum atomic E-state index is 0. The summed E-state index contributed by atoms with van der Waals surface area (Å²) in [4.78, 5) is 0. The zero-order valence-corrected chi connectivity index (χ0v) is 16.6. The van der Waals surface area contributed by atoms with Gasteiger partial charge in [-0.05, 0) is 12.8 Å². The molecule has 0 atom stereocenters. The molecule has 0 aromatic heterocycles. The molecular formula is C10H18O2S4Zn. The zero-order valence-electron chi connectivity index (χ0n) is 10.4.